The Morgan fingerprint density at radius 1 is 0.963 bits per heavy atom. The fourth-order valence-electron chi connectivity index (χ4n) is 2.59. The van der Waals surface area contributed by atoms with Gasteiger partial charge >= 0.3 is 0 Å². The van der Waals surface area contributed by atoms with E-state index < -0.39 is 0 Å². The molecule has 0 aromatic heterocycles. The van der Waals surface area contributed by atoms with Crippen LogP contribution >= 0.6 is 0 Å². The van der Waals surface area contributed by atoms with Crippen LogP contribution in [-0.4, -0.2) is 26.7 Å². The van der Waals surface area contributed by atoms with E-state index in [0.29, 0.717) is 18.0 Å². The molecule has 0 aliphatic heterocycles. The molecule has 2 rings (SSSR count). The quantitative estimate of drug-likeness (QED) is 0.501. The first-order valence-corrected chi connectivity index (χ1v) is 9.10. The lowest BCUT2D eigenvalue weighted by atomic mass is 10.1. The van der Waals surface area contributed by atoms with Gasteiger partial charge in [0.1, 0.15) is 0 Å². The Morgan fingerprint density at radius 3 is 2.44 bits per heavy atom. The van der Waals surface area contributed by atoms with Crippen molar-refractivity contribution in [1.29, 1.82) is 0 Å². The first-order chi connectivity index (χ1) is 13.2. The minimum atomic E-state index is -0.0671. The van der Waals surface area contributed by atoms with Crippen LogP contribution in [0.3, 0.4) is 0 Å². The van der Waals surface area contributed by atoms with Gasteiger partial charge < -0.3 is 14.8 Å². The van der Waals surface area contributed by atoms with E-state index in [1.165, 1.54) is 5.56 Å². The number of amides is 1. The highest BCUT2D eigenvalue weighted by Crippen LogP contribution is 2.27. The molecule has 0 saturated carbocycles. The number of rotatable bonds is 10. The van der Waals surface area contributed by atoms with Gasteiger partial charge in [0.25, 0.3) is 0 Å². The van der Waals surface area contributed by atoms with Crippen molar-refractivity contribution in [3.05, 3.63) is 77.9 Å². The number of methoxy groups -OCH3 is 2. The highest BCUT2D eigenvalue weighted by Gasteiger charge is 2.04. The summed E-state index contributed by atoms with van der Waals surface area (Å²) < 4.78 is 10.5. The summed E-state index contributed by atoms with van der Waals surface area (Å²) in [5.74, 6) is 1.34. The number of carbonyl (C=O) groups excluding carboxylic acids is 1. The van der Waals surface area contributed by atoms with Crippen molar-refractivity contribution in [3.8, 4) is 11.5 Å². The predicted molar refractivity (Wildman–Crippen MR) is 110 cm³/mol. The van der Waals surface area contributed by atoms with Crippen LogP contribution in [0.4, 0.5) is 0 Å². The molecule has 0 spiro atoms. The zero-order chi connectivity index (χ0) is 19.3. The number of allylic oxidation sites excluding steroid dienone is 2. The summed E-state index contributed by atoms with van der Waals surface area (Å²) in [5.41, 5.74) is 2.28. The molecular formula is C23H27NO3. The number of unbranched alkanes of at least 4 members (excludes halogenated alkanes) is 1. The zero-order valence-electron chi connectivity index (χ0n) is 16.0. The van der Waals surface area contributed by atoms with E-state index in [4.69, 9.17) is 9.47 Å². The van der Waals surface area contributed by atoms with E-state index in [1.54, 1.807) is 20.3 Å². The summed E-state index contributed by atoms with van der Waals surface area (Å²) in [4.78, 5) is 11.9. The second-order valence-corrected chi connectivity index (χ2v) is 6.02. The maximum Gasteiger partial charge on any atom is 0.243 e. The van der Waals surface area contributed by atoms with Crippen molar-refractivity contribution in [3.63, 3.8) is 0 Å². The maximum absolute atomic E-state index is 11.9. The summed E-state index contributed by atoms with van der Waals surface area (Å²) in [7, 11) is 3.23. The molecule has 4 heteroatoms. The van der Waals surface area contributed by atoms with Crippen LogP contribution in [0.1, 0.15) is 24.0 Å². The van der Waals surface area contributed by atoms with Gasteiger partial charge in [-0.15, -0.1) is 0 Å². The topological polar surface area (TPSA) is 47.6 Å². The molecule has 27 heavy (non-hydrogen) atoms. The van der Waals surface area contributed by atoms with E-state index in [0.717, 1.165) is 24.8 Å². The molecule has 0 heterocycles. The number of hydrogen-bond donors (Lipinski definition) is 1. The highest BCUT2D eigenvalue weighted by atomic mass is 16.5. The second-order valence-electron chi connectivity index (χ2n) is 6.02. The Kier molecular flexibility index (Phi) is 8.70. The summed E-state index contributed by atoms with van der Waals surface area (Å²) in [6, 6.07) is 16.0. The van der Waals surface area contributed by atoms with E-state index in [-0.39, 0.29) is 5.91 Å². The molecule has 4 nitrogen and oxygen atoms in total. The number of benzene rings is 2. The average molecular weight is 365 g/mol. The van der Waals surface area contributed by atoms with Crippen molar-refractivity contribution in [2.45, 2.75) is 19.3 Å². The molecule has 2 aromatic rings. The van der Waals surface area contributed by atoms with Gasteiger partial charge in [-0.3, -0.25) is 4.79 Å². The largest absolute Gasteiger partial charge is 0.493 e. The van der Waals surface area contributed by atoms with Crippen LogP contribution in [0.25, 0.3) is 6.08 Å². The number of hydrogen-bond acceptors (Lipinski definition) is 3. The highest BCUT2D eigenvalue weighted by molar-refractivity contribution is 5.87. The van der Waals surface area contributed by atoms with Gasteiger partial charge in [0.05, 0.1) is 14.2 Å². The third-order valence-corrected chi connectivity index (χ3v) is 4.04. The molecule has 0 atom stereocenters. The van der Waals surface area contributed by atoms with E-state index in [1.807, 2.05) is 42.5 Å². The fourth-order valence-corrected chi connectivity index (χ4v) is 2.59. The molecule has 2 aromatic carbocycles. The van der Waals surface area contributed by atoms with Crippen LogP contribution in [0.15, 0.2) is 66.8 Å². The van der Waals surface area contributed by atoms with E-state index >= 15 is 0 Å². The Bertz CT molecular complexity index is 766. The molecule has 0 radical (unpaired) electrons. The number of ether oxygens (including phenoxy) is 2. The fraction of sp³-hybridized carbons (Fsp3) is 0.261. The normalized spacial score (nSPS) is 11.0. The van der Waals surface area contributed by atoms with E-state index in [2.05, 4.69) is 29.6 Å². The summed E-state index contributed by atoms with van der Waals surface area (Å²) in [6.45, 7) is 0.576. The summed E-state index contributed by atoms with van der Waals surface area (Å²) >= 11 is 0. The van der Waals surface area contributed by atoms with Crippen LogP contribution in [0.5, 0.6) is 11.5 Å². The number of nitrogens with one attached hydrogen (secondary N) is 1. The first-order valence-electron chi connectivity index (χ1n) is 9.10. The van der Waals surface area contributed by atoms with E-state index in [9.17, 15) is 4.79 Å². The molecule has 0 saturated heterocycles. The monoisotopic (exact) mass is 365 g/mol. The second kappa shape index (κ2) is 11.6. The Labute approximate surface area is 161 Å². The van der Waals surface area contributed by atoms with Crippen LogP contribution in [-0.2, 0) is 11.2 Å². The molecule has 0 fully saturated rings. The van der Waals surface area contributed by atoms with Gasteiger partial charge in [-0.25, -0.2) is 0 Å². The molecule has 1 amide bonds. The molecule has 0 bridgehead atoms. The third kappa shape index (κ3) is 7.40. The smallest absolute Gasteiger partial charge is 0.243 e. The SMILES string of the molecule is COc1ccc(CCNC(=O)C=CCCC=Cc2ccccc2)cc1OC. The minimum Gasteiger partial charge on any atom is -0.493 e. The summed E-state index contributed by atoms with van der Waals surface area (Å²) in [6.07, 6.45) is 10.2. The number of carbonyl (C=O) groups is 1. The standard InChI is InChI=1S/C23H27NO3/c1-26-21-15-14-20(18-22(21)27-2)16-17-24-23(25)13-9-4-3-6-10-19-11-7-5-8-12-19/h5-15,18H,3-4,16-17H2,1-2H3,(H,24,25). The minimum absolute atomic E-state index is 0.0671. The van der Waals surface area contributed by atoms with Crippen molar-refractivity contribution in [2.75, 3.05) is 20.8 Å². The molecular weight excluding hydrogens is 338 g/mol. The van der Waals surface area contributed by atoms with Gasteiger partial charge in [-0.05, 0) is 48.6 Å². The van der Waals surface area contributed by atoms with Gasteiger partial charge in [0.2, 0.25) is 5.91 Å². The Hall–Kier alpha value is -3.01. The third-order valence-electron chi connectivity index (χ3n) is 4.04. The van der Waals surface area contributed by atoms with Gasteiger partial charge in [-0.2, -0.15) is 0 Å². The van der Waals surface area contributed by atoms with Crippen molar-refractivity contribution in [1.82, 2.24) is 5.32 Å². The molecule has 1 N–H and O–H groups in total. The lowest BCUT2D eigenvalue weighted by molar-refractivity contribution is -0.116. The van der Waals surface area contributed by atoms with Crippen molar-refractivity contribution < 1.29 is 14.3 Å². The van der Waals surface area contributed by atoms with Crippen LogP contribution < -0.4 is 14.8 Å². The average Bonchev–Trinajstić information content (AvgIpc) is 2.71. The Morgan fingerprint density at radius 2 is 1.70 bits per heavy atom. The molecule has 142 valence electrons. The van der Waals surface area contributed by atoms with Gasteiger partial charge in [0, 0.05) is 6.54 Å². The van der Waals surface area contributed by atoms with Crippen molar-refractivity contribution >= 4 is 12.0 Å². The van der Waals surface area contributed by atoms with Crippen LogP contribution in [0, 0.1) is 0 Å². The predicted octanol–water partition coefficient (Wildman–Crippen LogP) is 4.41. The molecule has 0 aliphatic carbocycles. The zero-order valence-corrected chi connectivity index (χ0v) is 16.0. The lowest BCUT2D eigenvalue weighted by Gasteiger charge is -2.09. The molecule has 0 aliphatic rings. The first kappa shape index (κ1) is 20.3. The van der Waals surface area contributed by atoms with Gasteiger partial charge in [-0.1, -0.05) is 54.6 Å². The lowest BCUT2D eigenvalue weighted by Crippen LogP contribution is -2.23. The maximum atomic E-state index is 11.9. The molecule has 0 unspecified atom stereocenters. The summed E-state index contributed by atoms with van der Waals surface area (Å²) in [5, 5.41) is 2.90. The van der Waals surface area contributed by atoms with Gasteiger partial charge in [0.15, 0.2) is 11.5 Å². The van der Waals surface area contributed by atoms with Crippen molar-refractivity contribution in [2.24, 2.45) is 0 Å². The van der Waals surface area contributed by atoms with Crippen LogP contribution in [0.2, 0.25) is 0 Å². The Balaban J connectivity index is 1.65.